The van der Waals surface area contributed by atoms with Crippen molar-refractivity contribution in [2.45, 2.75) is 78.1 Å². The maximum absolute atomic E-state index is 2.30. The number of hydrogen-bond acceptors (Lipinski definition) is 2. The number of rotatable bonds is 13. The molecule has 0 fully saturated rings. The highest BCUT2D eigenvalue weighted by Gasteiger charge is 1.99. The van der Waals surface area contributed by atoms with E-state index in [0.717, 1.165) is 0 Å². The summed E-state index contributed by atoms with van der Waals surface area (Å²) in [5.74, 6) is 0. The topological polar surface area (TPSA) is 0 Å². The van der Waals surface area contributed by atoms with E-state index < -0.39 is 0 Å². The summed E-state index contributed by atoms with van der Waals surface area (Å²) >= 11 is 3.87. The van der Waals surface area contributed by atoms with Crippen LogP contribution in [0.4, 0.5) is 0 Å². The highest BCUT2D eigenvalue weighted by Crippen LogP contribution is 2.22. The maximum Gasteiger partial charge on any atom is 0.0273 e. The van der Waals surface area contributed by atoms with E-state index in [-0.39, 0.29) is 0 Å². The van der Waals surface area contributed by atoms with Crippen molar-refractivity contribution in [3.8, 4) is 0 Å². The number of hydrogen-bond donors (Lipinski definition) is 0. The average molecular weight is 387 g/mol. The SMILES string of the molecule is CCCCCCc1ccc(/C=C/C=C/c2ccc(CCCCCC)s2)s1. The van der Waals surface area contributed by atoms with Crippen LogP contribution in [0.25, 0.3) is 12.2 Å². The van der Waals surface area contributed by atoms with Gasteiger partial charge in [-0.05, 0) is 62.1 Å². The molecule has 0 amide bonds. The lowest BCUT2D eigenvalue weighted by atomic mass is 10.1. The molecular formula is C24H34S2. The van der Waals surface area contributed by atoms with Crippen LogP contribution < -0.4 is 0 Å². The van der Waals surface area contributed by atoms with E-state index in [0.29, 0.717) is 0 Å². The third kappa shape index (κ3) is 8.51. The molecule has 0 saturated heterocycles. The molecule has 0 bridgehead atoms. The van der Waals surface area contributed by atoms with Crippen molar-refractivity contribution >= 4 is 34.8 Å². The Hall–Kier alpha value is -1.12. The summed E-state index contributed by atoms with van der Waals surface area (Å²) < 4.78 is 0. The molecule has 0 spiro atoms. The van der Waals surface area contributed by atoms with Gasteiger partial charge in [0, 0.05) is 19.5 Å². The monoisotopic (exact) mass is 386 g/mol. The van der Waals surface area contributed by atoms with Crippen molar-refractivity contribution in [1.82, 2.24) is 0 Å². The lowest BCUT2D eigenvalue weighted by Gasteiger charge is -1.96. The Bertz CT molecular complexity index is 599. The summed E-state index contributed by atoms with van der Waals surface area (Å²) in [6.45, 7) is 4.54. The predicted molar refractivity (Wildman–Crippen MR) is 122 cm³/mol. The molecule has 2 aromatic rings. The third-order valence-corrected chi connectivity index (χ3v) is 6.77. The van der Waals surface area contributed by atoms with E-state index in [9.17, 15) is 0 Å². The molecule has 0 N–H and O–H groups in total. The summed E-state index contributed by atoms with van der Waals surface area (Å²) in [5, 5.41) is 0. The summed E-state index contributed by atoms with van der Waals surface area (Å²) in [6, 6.07) is 9.10. The lowest BCUT2D eigenvalue weighted by molar-refractivity contribution is 0.670. The van der Waals surface area contributed by atoms with Crippen molar-refractivity contribution in [2.75, 3.05) is 0 Å². The highest BCUT2D eigenvalue weighted by molar-refractivity contribution is 7.13. The van der Waals surface area contributed by atoms with Crippen molar-refractivity contribution in [2.24, 2.45) is 0 Å². The second kappa shape index (κ2) is 13.1. The van der Waals surface area contributed by atoms with Crippen LogP contribution in [0.1, 0.15) is 84.7 Å². The van der Waals surface area contributed by atoms with Gasteiger partial charge in [-0.3, -0.25) is 0 Å². The van der Waals surface area contributed by atoms with Crippen LogP contribution >= 0.6 is 22.7 Å². The largest absolute Gasteiger partial charge is 0.141 e. The van der Waals surface area contributed by atoms with Crippen molar-refractivity contribution < 1.29 is 0 Å². The van der Waals surface area contributed by atoms with Gasteiger partial charge in [0.2, 0.25) is 0 Å². The number of allylic oxidation sites excluding steroid dienone is 2. The minimum atomic E-state index is 1.24. The molecule has 2 rings (SSSR count). The predicted octanol–water partition coefficient (Wildman–Crippen LogP) is 8.78. The number of thiophene rings is 2. The molecule has 0 aromatic carbocycles. The van der Waals surface area contributed by atoms with Gasteiger partial charge in [0.1, 0.15) is 0 Å². The number of aryl methyl sites for hydroxylation is 2. The normalized spacial score (nSPS) is 11.9. The summed E-state index contributed by atoms with van der Waals surface area (Å²) in [5.41, 5.74) is 0. The fourth-order valence-electron chi connectivity index (χ4n) is 2.99. The lowest BCUT2D eigenvalue weighted by Crippen LogP contribution is -1.80. The first-order valence-corrected chi connectivity index (χ1v) is 12.0. The van der Waals surface area contributed by atoms with Crippen LogP contribution in [0.15, 0.2) is 36.4 Å². The van der Waals surface area contributed by atoms with Gasteiger partial charge >= 0.3 is 0 Å². The molecule has 0 radical (unpaired) electrons. The van der Waals surface area contributed by atoms with Gasteiger partial charge in [-0.15, -0.1) is 22.7 Å². The molecule has 0 saturated carbocycles. The molecule has 0 nitrogen and oxygen atoms in total. The second-order valence-electron chi connectivity index (χ2n) is 6.95. The summed E-state index contributed by atoms with van der Waals surface area (Å²) in [7, 11) is 0. The van der Waals surface area contributed by atoms with E-state index in [1.807, 2.05) is 22.7 Å². The van der Waals surface area contributed by atoms with E-state index in [2.05, 4.69) is 62.4 Å². The van der Waals surface area contributed by atoms with Gasteiger partial charge in [0.05, 0.1) is 0 Å². The van der Waals surface area contributed by atoms with Crippen LogP contribution in [0.3, 0.4) is 0 Å². The molecule has 142 valence electrons. The van der Waals surface area contributed by atoms with Gasteiger partial charge in [0.25, 0.3) is 0 Å². The van der Waals surface area contributed by atoms with E-state index >= 15 is 0 Å². The molecule has 2 heterocycles. The molecule has 0 aliphatic carbocycles. The highest BCUT2D eigenvalue weighted by atomic mass is 32.1. The van der Waals surface area contributed by atoms with E-state index in [4.69, 9.17) is 0 Å². The van der Waals surface area contributed by atoms with Crippen LogP contribution in [0.2, 0.25) is 0 Å². The Kier molecular flexibility index (Phi) is 10.7. The first kappa shape index (κ1) is 21.2. The fourth-order valence-corrected chi connectivity index (χ4v) is 4.93. The van der Waals surface area contributed by atoms with Crippen LogP contribution in [0, 0.1) is 0 Å². The zero-order valence-corrected chi connectivity index (χ0v) is 18.1. The van der Waals surface area contributed by atoms with Crippen LogP contribution in [-0.4, -0.2) is 0 Å². The van der Waals surface area contributed by atoms with Crippen LogP contribution in [0.5, 0.6) is 0 Å². The first-order chi connectivity index (χ1) is 12.8. The first-order valence-electron chi connectivity index (χ1n) is 10.3. The summed E-state index contributed by atoms with van der Waals surface area (Å²) in [4.78, 5) is 5.78. The second-order valence-corrected chi connectivity index (χ2v) is 9.35. The molecule has 26 heavy (non-hydrogen) atoms. The summed E-state index contributed by atoms with van der Waals surface area (Å²) in [6.07, 6.45) is 22.0. The molecular weight excluding hydrogens is 352 g/mol. The van der Waals surface area contributed by atoms with E-state index in [1.54, 1.807) is 0 Å². The van der Waals surface area contributed by atoms with Gasteiger partial charge in [0.15, 0.2) is 0 Å². The average Bonchev–Trinajstić information content (AvgIpc) is 3.29. The molecule has 2 heteroatoms. The smallest absolute Gasteiger partial charge is 0.0273 e. The Morgan fingerprint density at radius 1 is 0.615 bits per heavy atom. The Morgan fingerprint density at radius 3 is 1.50 bits per heavy atom. The fraction of sp³-hybridized carbons (Fsp3) is 0.500. The third-order valence-electron chi connectivity index (χ3n) is 4.55. The Labute approximate surface area is 168 Å². The van der Waals surface area contributed by atoms with Gasteiger partial charge in [-0.2, -0.15) is 0 Å². The van der Waals surface area contributed by atoms with Gasteiger partial charge in [-0.25, -0.2) is 0 Å². The zero-order valence-electron chi connectivity index (χ0n) is 16.5. The van der Waals surface area contributed by atoms with Crippen molar-refractivity contribution in [3.63, 3.8) is 0 Å². The molecule has 0 aliphatic heterocycles. The van der Waals surface area contributed by atoms with Gasteiger partial charge < -0.3 is 0 Å². The quantitative estimate of drug-likeness (QED) is 0.238. The zero-order chi connectivity index (χ0) is 18.5. The van der Waals surface area contributed by atoms with Crippen LogP contribution in [-0.2, 0) is 12.8 Å². The Balaban J connectivity index is 1.72. The molecule has 0 aliphatic rings. The van der Waals surface area contributed by atoms with Crippen molar-refractivity contribution in [1.29, 1.82) is 0 Å². The standard InChI is InChI=1S/C24H34S2/c1-3-5-7-9-13-21-17-19-23(25-21)15-11-12-16-24-20-18-22(26-24)14-10-8-6-4-2/h11-12,15-20H,3-10,13-14H2,1-2H3/b15-11+,16-12+. The van der Waals surface area contributed by atoms with Gasteiger partial charge in [-0.1, -0.05) is 64.5 Å². The minimum Gasteiger partial charge on any atom is -0.141 e. The van der Waals surface area contributed by atoms with E-state index in [1.165, 1.54) is 83.7 Å². The molecule has 0 atom stereocenters. The number of unbranched alkanes of at least 4 members (excludes halogenated alkanes) is 6. The molecule has 2 aromatic heterocycles. The van der Waals surface area contributed by atoms with Crippen molar-refractivity contribution in [3.05, 3.63) is 55.9 Å². The Morgan fingerprint density at radius 2 is 1.08 bits per heavy atom. The molecule has 0 unspecified atom stereocenters. The minimum absolute atomic E-state index is 1.24. The maximum atomic E-state index is 2.30.